The maximum Gasteiger partial charge on any atom is 0.263 e. The lowest BCUT2D eigenvalue weighted by Crippen LogP contribution is -2.06. The molecule has 0 atom stereocenters. The smallest absolute Gasteiger partial charge is 0.263 e. The number of hydrogen-bond acceptors (Lipinski definition) is 2. The van der Waals surface area contributed by atoms with E-state index in [2.05, 4.69) is 27.7 Å². The summed E-state index contributed by atoms with van der Waals surface area (Å²) >= 11 is 2.08. The Bertz CT molecular complexity index is 525. The predicted octanol–water partition coefficient (Wildman–Crippen LogP) is 3.06. The molecule has 0 unspecified atom stereocenters. The molecule has 2 N–H and O–H groups in total. The molecule has 1 aromatic heterocycles. The zero-order chi connectivity index (χ0) is 12.4. The van der Waals surface area contributed by atoms with E-state index >= 15 is 0 Å². The quantitative estimate of drug-likeness (QED) is 0.866. The van der Waals surface area contributed by atoms with Gasteiger partial charge in [-0.3, -0.25) is 0 Å². The van der Waals surface area contributed by atoms with E-state index in [1.54, 1.807) is 23.0 Å². The number of nitrogen functional groups attached to an aromatic ring is 1. The van der Waals surface area contributed by atoms with Crippen LogP contribution in [0.15, 0.2) is 30.5 Å². The average Bonchev–Trinajstić information content (AvgIpc) is 2.61. The Balaban J connectivity index is 2.24. The number of alkyl halides is 2. The number of aromatic nitrogens is 2. The highest BCUT2D eigenvalue weighted by Crippen LogP contribution is 2.21. The first-order valence-corrected chi connectivity index (χ1v) is 5.99. The summed E-state index contributed by atoms with van der Waals surface area (Å²) in [6, 6.07) is 6.27. The molecule has 0 aliphatic rings. The molecule has 2 rings (SSSR count). The fourth-order valence-electron chi connectivity index (χ4n) is 1.50. The SMILES string of the molecule is Nc1c(I)cnn1Cc1cccc(C(F)F)c1. The summed E-state index contributed by atoms with van der Waals surface area (Å²) in [5, 5.41) is 4.08. The summed E-state index contributed by atoms with van der Waals surface area (Å²) in [5.41, 5.74) is 6.57. The molecular formula is C11H10F2IN3. The molecule has 0 aliphatic carbocycles. The van der Waals surface area contributed by atoms with Crippen LogP contribution >= 0.6 is 22.6 Å². The molecule has 0 saturated carbocycles. The number of nitrogens with two attached hydrogens (primary N) is 1. The Hall–Kier alpha value is -1.18. The third kappa shape index (κ3) is 2.74. The maximum absolute atomic E-state index is 12.5. The summed E-state index contributed by atoms with van der Waals surface area (Å²) < 4.78 is 27.5. The highest BCUT2D eigenvalue weighted by atomic mass is 127. The van der Waals surface area contributed by atoms with E-state index in [1.165, 1.54) is 12.1 Å². The molecule has 0 spiro atoms. The molecule has 0 saturated heterocycles. The molecule has 90 valence electrons. The molecule has 2 aromatic rings. The fourth-order valence-corrected chi connectivity index (χ4v) is 1.90. The number of benzene rings is 1. The van der Waals surface area contributed by atoms with E-state index in [-0.39, 0.29) is 5.56 Å². The summed E-state index contributed by atoms with van der Waals surface area (Å²) in [6.07, 6.45) is -0.808. The van der Waals surface area contributed by atoms with Gasteiger partial charge in [0.2, 0.25) is 0 Å². The predicted molar refractivity (Wildman–Crippen MR) is 69.9 cm³/mol. The zero-order valence-corrected chi connectivity index (χ0v) is 10.9. The molecule has 0 radical (unpaired) electrons. The van der Waals surface area contributed by atoms with E-state index in [0.717, 1.165) is 9.13 Å². The topological polar surface area (TPSA) is 43.8 Å². The van der Waals surface area contributed by atoms with Gasteiger partial charge in [0.15, 0.2) is 0 Å². The number of halogens is 3. The molecule has 0 fully saturated rings. The molecule has 1 aromatic carbocycles. The number of anilines is 1. The number of nitrogens with zero attached hydrogens (tertiary/aromatic N) is 2. The van der Waals surface area contributed by atoms with Crippen molar-refractivity contribution in [2.75, 3.05) is 5.73 Å². The van der Waals surface area contributed by atoms with Crippen LogP contribution in [0.5, 0.6) is 0 Å². The minimum absolute atomic E-state index is 0.0166. The van der Waals surface area contributed by atoms with Crippen molar-refractivity contribution in [3.63, 3.8) is 0 Å². The molecule has 0 aliphatic heterocycles. The van der Waals surface area contributed by atoms with Gasteiger partial charge in [0.25, 0.3) is 6.43 Å². The van der Waals surface area contributed by atoms with Crippen molar-refractivity contribution >= 4 is 28.4 Å². The van der Waals surface area contributed by atoms with Crippen LogP contribution in [0.2, 0.25) is 0 Å². The third-order valence-electron chi connectivity index (χ3n) is 2.37. The van der Waals surface area contributed by atoms with Gasteiger partial charge in [-0.05, 0) is 34.2 Å². The normalized spacial score (nSPS) is 11.1. The summed E-state index contributed by atoms with van der Waals surface area (Å²) in [5.74, 6) is 0.549. The van der Waals surface area contributed by atoms with Crippen molar-refractivity contribution in [2.24, 2.45) is 0 Å². The first kappa shape index (κ1) is 12.3. The van der Waals surface area contributed by atoms with Gasteiger partial charge in [0.05, 0.1) is 16.3 Å². The summed E-state index contributed by atoms with van der Waals surface area (Å²) in [7, 11) is 0. The van der Waals surface area contributed by atoms with Gasteiger partial charge in [0, 0.05) is 5.56 Å². The summed E-state index contributed by atoms with van der Waals surface area (Å²) in [4.78, 5) is 0. The van der Waals surface area contributed by atoms with Gasteiger partial charge >= 0.3 is 0 Å². The van der Waals surface area contributed by atoms with Gasteiger partial charge in [0.1, 0.15) is 5.82 Å². The zero-order valence-electron chi connectivity index (χ0n) is 8.78. The second kappa shape index (κ2) is 4.99. The Morgan fingerprint density at radius 1 is 1.41 bits per heavy atom. The van der Waals surface area contributed by atoms with E-state index < -0.39 is 6.43 Å². The monoisotopic (exact) mass is 349 g/mol. The second-order valence-electron chi connectivity index (χ2n) is 3.58. The first-order chi connectivity index (χ1) is 8.08. The standard InChI is InChI=1S/C11H10F2IN3/c12-10(13)8-3-1-2-7(4-8)6-17-11(15)9(14)5-16-17/h1-5,10H,6,15H2. The van der Waals surface area contributed by atoms with Crippen LogP contribution in [0.3, 0.4) is 0 Å². The van der Waals surface area contributed by atoms with Gasteiger partial charge in [-0.1, -0.05) is 18.2 Å². The molecular weight excluding hydrogens is 339 g/mol. The van der Waals surface area contributed by atoms with Crippen LogP contribution in [0.25, 0.3) is 0 Å². The highest BCUT2D eigenvalue weighted by Gasteiger charge is 2.09. The van der Waals surface area contributed by atoms with Crippen LogP contribution in [0.4, 0.5) is 14.6 Å². The van der Waals surface area contributed by atoms with Crippen LogP contribution in [0, 0.1) is 3.57 Å². The van der Waals surface area contributed by atoms with E-state index in [4.69, 9.17) is 5.73 Å². The summed E-state index contributed by atoms with van der Waals surface area (Å²) in [6.45, 7) is 0.398. The lowest BCUT2D eigenvalue weighted by Gasteiger charge is -2.06. The van der Waals surface area contributed by atoms with Crippen LogP contribution in [-0.4, -0.2) is 9.78 Å². The Morgan fingerprint density at radius 3 is 2.76 bits per heavy atom. The molecule has 6 heteroatoms. The van der Waals surface area contributed by atoms with Crippen molar-refractivity contribution in [2.45, 2.75) is 13.0 Å². The van der Waals surface area contributed by atoms with E-state index in [0.29, 0.717) is 12.4 Å². The van der Waals surface area contributed by atoms with Crippen molar-refractivity contribution < 1.29 is 8.78 Å². The van der Waals surface area contributed by atoms with Crippen LogP contribution < -0.4 is 5.73 Å². The molecule has 3 nitrogen and oxygen atoms in total. The molecule has 1 heterocycles. The van der Waals surface area contributed by atoms with E-state index in [9.17, 15) is 8.78 Å². The van der Waals surface area contributed by atoms with Gasteiger partial charge in [-0.2, -0.15) is 5.10 Å². The van der Waals surface area contributed by atoms with Crippen LogP contribution in [-0.2, 0) is 6.54 Å². The van der Waals surface area contributed by atoms with Crippen molar-refractivity contribution in [3.8, 4) is 0 Å². The minimum Gasteiger partial charge on any atom is -0.383 e. The van der Waals surface area contributed by atoms with Crippen molar-refractivity contribution in [3.05, 3.63) is 45.2 Å². The Labute approximate surface area is 111 Å². The maximum atomic E-state index is 12.5. The van der Waals surface area contributed by atoms with Crippen LogP contribution in [0.1, 0.15) is 17.6 Å². The molecule has 0 amide bonds. The Morgan fingerprint density at radius 2 is 2.18 bits per heavy atom. The molecule has 17 heavy (non-hydrogen) atoms. The lowest BCUT2D eigenvalue weighted by molar-refractivity contribution is 0.151. The van der Waals surface area contributed by atoms with Gasteiger partial charge in [-0.15, -0.1) is 0 Å². The van der Waals surface area contributed by atoms with Gasteiger partial charge < -0.3 is 5.73 Å². The highest BCUT2D eigenvalue weighted by molar-refractivity contribution is 14.1. The van der Waals surface area contributed by atoms with Gasteiger partial charge in [-0.25, -0.2) is 13.5 Å². The largest absolute Gasteiger partial charge is 0.383 e. The van der Waals surface area contributed by atoms with E-state index in [1.807, 2.05) is 0 Å². The Kier molecular flexibility index (Phi) is 3.60. The van der Waals surface area contributed by atoms with Crippen molar-refractivity contribution in [1.82, 2.24) is 9.78 Å². The van der Waals surface area contributed by atoms with Crippen molar-refractivity contribution in [1.29, 1.82) is 0 Å². The third-order valence-corrected chi connectivity index (χ3v) is 3.20. The molecule has 0 bridgehead atoms. The number of rotatable bonds is 3. The fraction of sp³-hybridized carbons (Fsp3) is 0.182. The number of hydrogen-bond donors (Lipinski definition) is 1. The first-order valence-electron chi connectivity index (χ1n) is 4.91. The minimum atomic E-state index is -2.45. The second-order valence-corrected chi connectivity index (χ2v) is 4.74. The average molecular weight is 349 g/mol. The lowest BCUT2D eigenvalue weighted by atomic mass is 10.1.